The Morgan fingerprint density at radius 3 is 2.50 bits per heavy atom. The predicted molar refractivity (Wildman–Crippen MR) is 69.2 cm³/mol. The van der Waals surface area contributed by atoms with E-state index in [0.29, 0.717) is 0 Å². The average Bonchev–Trinajstić information content (AvgIpc) is 2.32. The maximum absolute atomic E-state index is 3.69. The zero-order valence-corrected chi connectivity index (χ0v) is 10.4. The highest BCUT2D eigenvalue weighted by molar-refractivity contribution is 5.14. The van der Waals surface area contributed by atoms with Gasteiger partial charge >= 0.3 is 0 Å². The van der Waals surface area contributed by atoms with Crippen molar-refractivity contribution in [1.82, 2.24) is 5.32 Å². The van der Waals surface area contributed by atoms with Crippen molar-refractivity contribution in [1.29, 1.82) is 0 Å². The third-order valence-electron chi connectivity index (χ3n) is 4.04. The Kier molecular flexibility index (Phi) is 4.00. The van der Waals surface area contributed by atoms with Gasteiger partial charge in [0.15, 0.2) is 0 Å². The number of rotatable bonds is 3. The van der Waals surface area contributed by atoms with Gasteiger partial charge in [-0.3, -0.25) is 0 Å². The van der Waals surface area contributed by atoms with Gasteiger partial charge in [-0.25, -0.2) is 0 Å². The molecule has 3 atom stereocenters. The molecule has 0 aliphatic heterocycles. The zero-order chi connectivity index (χ0) is 11.4. The Morgan fingerprint density at radius 2 is 1.81 bits per heavy atom. The van der Waals surface area contributed by atoms with Gasteiger partial charge in [0.05, 0.1) is 0 Å². The van der Waals surface area contributed by atoms with Gasteiger partial charge in [-0.2, -0.15) is 0 Å². The van der Waals surface area contributed by atoms with E-state index >= 15 is 0 Å². The Balaban J connectivity index is 1.79. The molecule has 0 amide bonds. The van der Waals surface area contributed by atoms with Crippen LogP contribution in [-0.4, -0.2) is 6.04 Å². The minimum Gasteiger partial charge on any atom is -0.310 e. The first kappa shape index (κ1) is 11.7. The summed E-state index contributed by atoms with van der Waals surface area (Å²) in [6.45, 7) is 5.80. The number of hydrogen-bond acceptors (Lipinski definition) is 1. The van der Waals surface area contributed by atoms with Crippen molar-refractivity contribution < 1.29 is 0 Å². The van der Waals surface area contributed by atoms with E-state index < -0.39 is 0 Å². The lowest BCUT2D eigenvalue weighted by Crippen LogP contribution is -2.35. The molecule has 2 rings (SSSR count). The molecule has 3 unspecified atom stereocenters. The molecule has 1 heteroatoms. The van der Waals surface area contributed by atoms with Crippen LogP contribution in [0.15, 0.2) is 30.3 Å². The fourth-order valence-electron chi connectivity index (χ4n) is 2.59. The van der Waals surface area contributed by atoms with Gasteiger partial charge in [0.1, 0.15) is 0 Å². The summed E-state index contributed by atoms with van der Waals surface area (Å²) in [6.07, 6.45) is 4.07. The fourth-order valence-corrected chi connectivity index (χ4v) is 2.59. The fraction of sp³-hybridized carbons (Fsp3) is 0.600. The van der Waals surface area contributed by atoms with Crippen LogP contribution in [0.3, 0.4) is 0 Å². The highest BCUT2D eigenvalue weighted by Crippen LogP contribution is 2.29. The minimum absolute atomic E-state index is 0.728. The van der Waals surface area contributed by atoms with Crippen molar-refractivity contribution in [2.75, 3.05) is 0 Å². The molecule has 1 aliphatic rings. The molecule has 0 heterocycles. The van der Waals surface area contributed by atoms with Crippen molar-refractivity contribution in [2.24, 2.45) is 11.8 Å². The number of benzene rings is 1. The molecule has 1 aliphatic carbocycles. The molecular formula is C15H23N. The first-order valence-corrected chi connectivity index (χ1v) is 6.53. The summed E-state index contributed by atoms with van der Waals surface area (Å²) in [4.78, 5) is 0. The van der Waals surface area contributed by atoms with Gasteiger partial charge in [-0.15, -0.1) is 0 Å². The molecular weight excluding hydrogens is 194 g/mol. The van der Waals surface area contributed by atoms with E-state index in [9.17, 15) is 0 Å². The lowest BCUT2D eigenvalue weighted by Gasteiger charge is -2.32. The third kappa shape index (κ3) is 3.08. The van der Waals surface area contributed by atoms with Gasteiger partial charge in [0, 0.05) is 12.6 Å². The quantitative estimate of drug-likeness (QED) is 0.815. The summed E-state index contributed by atoms with van der Waals surface area (Å²) >= 11 is 0. The molecule has 16 heavy (non-hydrogen) atoms. The second-order valence-corrected chi connectivity index (χ2v) is 5.33. The maximum Gasteiger partial charge on any atom is 0.0208 e. The van der Waals surface area contributed by atoms with Gasteiger partial charge in [-0.1, -0.05) is 44.2 Å². The summed E-state index contributed by atoms with van der Waals surface area (Å²) in [6, 6.07) is 11.4. The van der Waals surface area contributed by atoms with Crippen molar-refractivity contribution in [3.05, 3.63) is 35.9 Å². The Morgan fingerprint density at radius 1 is 1.06 bits per heavy atom. The SMILES string of the molecule is CC1CCC(NCc2ccccc2)CC1C. The van der Waals surface area contributed by atoms with Crippen LogP contribution in [-0.2, 0) is 6.54 Å². The van der Waals surface area contributed by atoms with Crippen LogP contribution in [0.25, 0.3) is 0 Å². The third-order valence-corrected chi connectivity index (χ3v) is 4.04. The van der Waals surface area contributed by atoms with Crippen molar-refractivity contribution in [2.45, 2.75) is 45.7 Å². The molecule has 1 aromatic carbocycles. The van der Waals surface area contributed by atoms with Gasteiger partial charge < -0.3 is 5.32 Å². The standard InChI is InChI=1S/C15H23N/c1-12-8-9-15(10-13(12)2)16-11-14-6-4-3-5-7-14/h3-7,12-13,15-16H,8-11H2,1-2H3. The average molecular weight is 217 g/mol. The minimum atomic E-state index is 0.728. The summed E-state index contributed by atoms with van der Waals surface area (Å²) in [5.41, 5.74) is 1.40. The van der Waals surface area contributed by atoms with E-state index in [-0.39, 0.29) is 0 Å². The monoisotopic (exact) mass is 217 g/mol. The van der Waals surface area contributed by atoms with Crippen LogP contribution in [0.1, 0.15) is 38.7 Å². The summed E-state index contributed by atoms with van der Waals surface area (Å²) in [7, 11) is 0. The van der Waals surface area contributed by atoms with Crippen molar-refractivity contribution in [3.8, 4) is 0 Å². The molecule has 88 valence electrons. The van der Waals surface area contributed by atoms with Crippen LogP contribution >= 0.6 is 0 Å². The first-order chi connectivity index (χ1) is 7.75. The predicted octanol–water partition coefficient (Wildman–Crippen LogP) is 3.60. The van der Waals surface area contributed by atoms with Gasteiger partial charge in [-0.05, 0) is 36.7 Å². The summed E-state index contributed by atoms with van der Waals surface area (Å²) in [5, 5.41) is 3.69. The Labute approximate surface area is 99.3 Å². The van der Waals surface area contributed by atoms with Crippen LogP contribution in [0.4, 0.5) is 0 Å². The summed E-state index contributed by atoms with van der Waals surface area (Å²) < 4.78 is 0. The molecule has 0 bridgehead atoms. The van der Waals surface area contributed by atoms with E-state index in [4.69, 9.17) is 0 Å². The van der Waals surface area contributed by atoms with E-state index in [0.717, 1.165) is 24.4 Å². The Hall–Kier alpha value is -0.820. The van der Waals surface area contributed by atoms with Crippen molar-refractivity contribution in [3.63, 3.8) is 0 Å². The van der Waals surface area contributed by atoms with Crippen molar-refractivity contribution >= 4 is 0 Å². The molecule has 0 aromatic heterocycles. The van der Waals surface area contributed by atoms with Crippen LogP contribution in [0, 0.1) is 11.8 Å². The second-order valence-electron chi connectivity index (χ2n) is 5.33. The molecule has 1 fully saturated rings. The lowest BCUT2D eigenvalue weighted by atomic mass is 9.79. The maximum atomic E-state index is 3.69. The largest absolute Gasteiger partial charge is 0.310 e. The molecule has 0 saturated heterocycles. The van der Waals surface area contributed by atoms with Crippen LogP contribution < -0.4 is 5.32 Å². The smallest absolute Gasteiger partial charge is 0.0208 e. The second kappa shape index (κ2) is 5.49. The zero-order valence-electron chi connectivity index (χ0n) is 10.4. The molecule has 1 nitrogen and oxygen atoms in total. The highest BCUT2D eigenvalue weighted by atomic mass is 14.9. The number of hydrogen-bond donors (Lipinski definition) is 1. The van der Waals surface area contributed by atoms with E-state index in [1.54, 1.807) is 0 Å². The van der Waals surface area contributed by atoms with Crippen LogP contribution in [0.2, 0.25) is 0 Å². The molecule has 0 spiro atoms. The van der Waals surface area contributed by atoms with E-state index in [2.05, 4.69) is 49.5 Å². The van der Waals surface area contributed by atoms with Gasteiger partial charge in [0.2, 0.25) is 0 Å². The highest BCUT2D eigenvalue weighted by Gasteiger charge is 2.23. The van der Waals surface area contributed by atoms with Gasteiger partial charge in [0.25, 0.3) is 0 Å². The van der Waals surface area contributed by atoms with E-state index in [1.807, 2.05) is 0 Å². The molecule has 1 aromatic rings. The molecule has 1 saturated carbocycles. The Bertz CT molecular complexity index is 306. The normalized spacial score (nSPS) is 30.2. The summed E-state index contributed by atoms with van der Waals surface area (Å²) in [5.74, 6) is 1.79. The van der Waals surface area contributed by atoms with E-state index in [1.165, 1.54) is 24.8 Å². The first-order valence-electron chi connectivity index (χ1n) is 6.53. The number of nitrogens with one attached hydrogen (secondary N) is 1. The molecule has 1 N–H and O–H groups in total. The lowest BCUT2D eigenvalue weighted by molar-refractivity contribution is 0.225. The van der Waals surface area contributed by atoms with Crippen LogP contribution in [0.5, 0.6) is 0 Å². The molecule has 0 radical (unpaired) electrons. The topological polar surface area (TPSA) is 12.0 Å².